The summed E-state index contributed by atoms with van der Waals surface area (Å²) >= 11 is 13.3. The van der Waals surface area contributed by atoms with Crippen molar-refractivity contribution in [2.45, 2.75) is 38.1 Å². The number of amides is 1. The molecule has 3 aromatic rings. The lowest BCUT2D eigenvalue weighted by Crippen LogP contribution is -2.41. The Kier molecular flexibility index (Phi) is 6.79. The minimum atomic E-state index is -2.69. The van der Waals surface area contributed by atoms with Crippen LogP contribution in [-0.4, -0.2) is 49.1 Å². The molecule has 7 nitrogen and oxygen atoms in total. The Morgan fingerprint density at radius 3 is 2.51 bits per heavy atom. The number of rotatable bonds is 6. The number of thiol groups is 1. The van der Waals surface area contributed by atoms with E-state index in [9.17, 15) is 13.2 Å². The van der Waals surface area contributed by atoms with Crippen molar-refractivity contribution in [3.05, 3.63) is 69.5 Å². The normalized spacial score (nSPS) is 19.9. The largest absolute Gasteiger partial charge is 0.339 e. The van der Waals surface area contributed by atoms with Crippen molar-refractivity contribution in [3.63, 3.8) is 0 Å². The smallest absolute Gasteiger partial charge is 0.226 e. The molecule has 1 aliphatic carbocycles. The number of halogens is 2. The van der Waals surface area contributed by atoms with Crippen LogP contribution in [0.25, 0.3) is 11.1 Å². The molecule has 0 spiro atoms. The summed E-state index contributed by atoms with van der Waals surface area (Å²) in [5, 5.41) is 8.29. The molecule has 1 saturated heterocycles. The van der Waals surface area contributed by atoms with Crippen molar-refractivity contribution >= 4 is 45.7 Å². The third kappa shape index (κ3) is 4.79. The molecule has 2 heterocycles. The number of fused-ring (bicyclic) bond motifs is 1. The maximum atomic E-state index is 13.3. The number of H-pyrrole nitrogens is 1. The molecule has 184 valence electrons. The first-order valence-electron chi connectivity index (χ1n) is 11.6. The first kappa shape index (κ1) is 24.2. The van der Waals surface area contributed by atoms with E-state index in [1.54, 1.807) is 12.1 Å². The Morgan fingerprint density at radius 2 is 1.83 bits per heavy atom. The number of carbonyl (C=O) groups is 1. The lowest BCUT2D eigenvalue weighted by molar-refractivity contribution is -0.133. The molecule has 0 bridgehead atoms. The van der Waals surface area contributed by atoms with Gasteiger partial charge in [0.05, 0.1) is 11.4 Å². The topological polar surface area (TPSA) is 86.4 Å². The first-order chi connectivity index (χ1) is 16.8. The molecule has 2 aliphatic rings. The van der Waals surface area contributed by atoms with Gasteiger partial charge in [0.2, 0.25) is 16.8 Å². The molecule has 10 heteroatoms. The molecular formula is C25H26Cl2N4O3S. The van der Waals surface area contributed by atoms with Gasteiger partial charge < -0.3 is 4.90 Å². The van der Waals surface area contributed by atoms with Gasteiger partial charge in [0, 0.05) is 41.8 Å². The summed E-state index contributed by atoms with van der Waals surface area (Å²) in [6.45, 7) is 0.754. The number of likely N-dealkylation sites (tertiary alicyclic amines) is 1. The third-order valence-corrected chi connectivity index (χ3v) is 8.58. The monoisotopic (exact) mass is 532 g/mol. The van der Waals surface area contributed by atoms with Crippen molar-refractivity contribution < 1.29 is 13.2 Å². The lowest BCUT2D eigenvalue weighted by atomic mass is 9.92. The van der Waals surface area contributed by atoms with E-state index in [4.69, 9.17) is 23.2 Å². The van der Waals surface area contributed by atoms with Crippen LogP contribution in [-0.2, 0) is 34.9 Å². The molecule has 2 atom stereocenters. The molecule has 5 rings (SSSR count). The maximum absolute atomic E-state index is 13.3. The second-order valence-corrected chi connectivity index (χ2v) is 11.1. The van der Waals surface area contributed by atoms with Gasteiger partial charge in [0.15, 0.2) is 0 Å². The van der Waals surface area contributed by atoms with Gasteiger partial charge >= 0.3 is 0 Å². The van der Waals surface area contributed by atoms with E-state index >= 15 is 0 Å². The number of nitrogens with zero attached hydrogens (tertiary/aromatic N) is 3. The molecule has 1 amide bonds. The van der Waals surface area contributed by atoms with Gasteiger partial charge in [-0.15, -0.1) is 0 Å². The fraction of sp³-hybridized carbons (Fsp3) is 0.360. The minimum Gasteiger partial charge on any atom is -0.339 e. The van der Waals surface area contributed by atoms with Gasteiger partial charge in [-0.2, -0.15) is 5.10 Å². The van der Waals surface area contributed by atoms with Gasteiger partial charge in [-0.25, -0.2) is 8.42 Å². The van der Waals surface area contributed by atoms with Crippen LogP contribution < -0.4 is 4.31 Å². The summed E-state index contributed by atoms with van der Waals surface area (Å²) in [6, 6.07) is 11.1. The number of hydrogen-bond acceptors (Lipinski definition) is 4. The Balaban J connectivity index is 1.29. The maximum Gasteiger partial charge on any atom is 0.226 e. The highest BCUT2D eigenvalue weighted by atomic mass is 35.5. The lowest BCUT2D eigenvalue weighted by Gasteiger charge is -2.31. The number of aromatic nitrogens is 2. The molecule has 0 saturated carbocycles. The van der Waals surface area contributed by atoms with E-state index in [-0.39, 0.29) is 17.9 Å². The van der Waals surface area contributed by atoms with E-state index in [0.29, 0.717) is 22.2 Å². The van der Waals surface area contributed by atoms with Crippen molar-refractivity contribution in [1.29, 1.82) is 0 Å². The Morgan fingerprint density at radius 1 is 1.11 bits per heavy atom. The average Bonchev–Trinajstić information content (AvgIpc) is 3.46. The van der Waals surface area contributed by atoms with Gasteiger partial charge in [0.25, 0.3) is 0 Å². The second-order valence-electron chi connectivity index (χ2n) is 9.20. The fourth-order valence-corrected chi connectivity index (χ4v) is 6.11. The van der Waals surface area contributed by atoms with E-state index in [1.165, 1.54) is 16.9 Å². The standard InChI is InChI=1S/C25H26Cl2N4O3S/c1-30(35(33)34)19-4-2-15(3-5-19)17-12-22(26)21(23(27)13-17)11-16-8-9-31(25(16)32)20-6-7-24-18(10-20)14-28-29-24/h2-5,12-14,16,20,35H,6-11H2,1H3,(H,28,29). The number of nitrogens with one attached hydrogen (secondary N) is 1. The van der Waals surface area contributed by atoms with Crippen molar-refractivity contribution in [2.75, 3.05) is 17.9 Å². The second kappa shape index (κ2) is 9.84. The summed E-state index contributed by atoms with van der Waals surface area (Å²) in [4.78, 5) is 15.3. The molecule has 35 heavy (non-hydrogen) atoms. The van der Waals surface area contributed by atoms with E-state index in [2.05, 4.69) is 10.2 Å². The van der Waals surface area contributed by atoms with Crippen LogP contribution in [0.1, 0.15) is 29.7 Å². The average molecular weight is 533 g/mol. The molecule has 2 aromatic carbocycles. The Bertz CT molecular complexity index is 1310. The van der Waals surface area contributed by atoms with E-state index in [1.807, 2.05) is 35.4 Å². The SMILES string of the molecule is CN(c1ccc(-c2cc(Cl)c(CC3CCN(C4CCc5n[nH]cc5C4)C3=O)c(Cl)c2)cc1)[SH](=O)=O. The number of anilines is 1. The number of aromatic amines is 1. The van der Waals surface area contributed by atoms with Gasteiger partial charge in [-0.3, -0.25) is 14.2 Å². The summed E-state index contributed by atoms with van der Waals surface area (Å²) in [7, 11) is -1.19. The van der Waals surface area contributed by atoms with Crippen LogP contribution in [0.15, 0.2) is 42.6 Å². The zero-order valence-electron chi connectivity index (χ0n) is 19.2. The van der Waals surface area contributed by atoms with Crippen LogP contribution in [0.2, 0.25) is 10.0 Å². The van der Waals surface area contributed by atoms with Crippen LogP contribution in [0.4, 0.5) is 5.69 Å². The number of carbonyl (C=O) groups excluding carboxylic acids is 1. The van der Waals surface area contributed by atoms with Crippen molar-refractivity contribution in [3.8, 4) is 11.1 Å². The van der Waals surface area contributed by atoms with Gasteiger partial charge in [0.1, 0.15) is 0 Å². The van der Waals surface area contributed by atoms with Crippen molar-refractivity contribution in [1.82, 2.24) is 15.1 Å². The van der Waals surface area contributed by atoms with Crippen LogP contribution >= 0.6 is 23.2 Å². The van der Waals surface area contributed by atoms with Crippen molar-refractivity contribution in [2.24, 2.45) is 5.92 Å². The fourth-order valence-electron chi connectivity index (χ4n) is 5.15. The number of hydrogen-bond donors (Lipinski definition) is 2. The van der Waals surface area contributed by atoms with Crippen LogP contribution in [0, 0.1) is 5.92 Å². The zero-order valence-corrected chi connectivity index (χ0v) is 21.6. The summed E-state index contributed by atoms with van der Waals surface area (Å²) in [5.74, 6) is 0.0417. The predicted octanol–water partition coefficient (Wildman–Crippen LogP) is 4.29. The molecular weight excluding hydrogens is 507 g/mol. The first-order valence-corrected chi connectivity index (χ1v) is 13.5. The van der Waals surface area contributed by atoms with Crippen LogP contribution in [0.5, 0.6) is 0 Å². The molecule has 1 aromatic heterocycles. The summed E-state index contributed by atoms with van der Waals surface area (Å²) < 4.78 is 23.6. The highest BCUT2D eigenvalue weighted by Crippen LogP contribution is 2.37. The predicted molar refractivity (Wildman–Crippen MR) is 139 cm³/mol. The van der Waals surface area contributed by atoms with Gasteiger partial charge in [-0.05, 0) is 78.6 Å². The quantitative estimate of drug-likeness (QED) is 0.463. The minimum absolute atomic E-state index is 0.134. The molecule has 0 radical (unpaired) electrons. The third-order valence-electron chi connectivity index (χ3n) is 7.18. The highest BCUT2D eigenvalue weighted by Gasteiger charge is 2.38. The Labute approximate surface area is 216 Å². The zero-order chi connectivity index (χ0) is 24.7. The molecule has 1 N–H and O–H groups in total. The number of benzene rings is 2. The van der Waals surface area contributed by atoms with E-state index in [0.717, 1.165) is 54.6 Å². The molecule has 1 aliphatic heterocycles. The summed E-state index contributed by atoms with van der Waals surface area (Å²) in [6.07, 6.45) is 5.92. The van der Waals surface area contributed by atoms with E-state index < -0.39 is 10.9 Å². The number of aryl methyl sites for hydroxylation is 1. The molecule has 1 fully saturated rings. The highest BCUT2D eigenvalue weighted by molar-refractivity contribution is 7.74. The van der Waals surface area contributed by atoms with Crippen LogP contribution in [0.3, 0.4) is 0 Å². The molecule has 2 unspecified atom stereocenters. The van der Waals surface area contributed by atoms with Gasteiger partial charge in [-0.1, -0.05) is 35.3 Å². The summed E-state index contributed by atoms with van der Waals surface area (Å²) in [5.41, 5.74) is 5.40. The Hall–Kier alpha value is -2.55.